The molecule has 0 amide bonds. The highest BCUT2D eigenvalue weighted by molar-refractivity contribution is 7.98. The van der Waals surface area contributed by atoms with Crippen molar-refractivity contribution in [3.63, 3.8) is 0 Å². The van der Waals surface area contributed by atoms with Crippen LogP contribution >= 0.6 is 23.4 Å². The molecule has 0 spiro atoms. The highest BCUT2D eigenvalue weighted by atomic mass is 35.5. The van der Waals surface area contributed by atoms with Gasteiger partial charge in [-0.25, -0.2) is 14.8 Å². The van der Waals surface area contributed by atoms with Gasteiger partial charge in [-0.3, -0.25) is 0 Å². The molecular weight excluding hydrogens is 334 g/mol. The number of thioether (sulfide) groups is 1. The van der Waals surface area contributed by atoms with E-state index in [2.05, 4.69) is 9.97 Å². The number of nitrogens with zero attached hydrogens (tertiary/aromatic N) is 3. The zero-order valence-electron chi connectivity index (χ0n) is 12.6. The zero-order valence-corrected chi connectivity index (χ0v) is 14.1. The van der Waals surface area contributed by atoms with Gasteiger partial charge in [-0.05, 0) is 43.0 Å². The van der Waals surface area contributed by atoms with Gasteiger partial charge in [0.15, 0.2) is 11.3 Å². The van der Waals surface area contributed by atoms with E-state index in [9.17, 15) is 4.79 Å². The maximum atomic E-state index is 11.1. The topological polar surface area (TPSA) is 68.0 Å². The molecule has 23 heavy (non-hydrogen) atoms. The number of carboxylic acid groups (broad SMARTS) is 1. The Kier molecular flexibility index (Phi) is 4.28. The number of fused-ring (bicyclic) bond motifs is 1. The SMILES string of the molecule is CSc1ccc(Cn2c(C)nc3ccc(C(=O)O)nc32)c(Cl)c1. The molecule has 1 aromatic carbocycles. The third-order valence-corrected chi connectivity index (χ3v) is 4.67. The molecule has 0 fully saturated rings. The number of hydrogen-bond acceptors (Lipinski definition) is 4. The summed E-state index contributed by atoms with van der Waals surface area (Å²) in [7, 11) is 0. The van der Waals surface area contributed by atoms with Crippen molar-refractivity contribution in [2.45, 2.75) is 18.4 Å². The van der Waals surface area contributed by atoms with E-state index in [1.54, 1.807) is 17.8 Å². The number of hydrogen-bond donors (Lipinski definition) is 1. The number of benzene rings is 1. The van der Waals surface area contributed by atoms with Crippen molar-refractivity contribution in [2.24, 2.45) is 0 Å². The van der Waals surface area contributed by atoms with Crippen molar-refractivity contribution in [2.75, 3.05) is 6.26 Å². The van der Waals surface area contributed by atoms with Crippen LogP contribution in [-0.2, 0) is 6.54 Å². The molecule has 118 valence electrons. The minimum absolute atomic E-state index is 0.00229. The maximum absolute atomic E-state index is 11.1. The van der Waals surface area contributed by atoms with Crippen LogP contribution in [0.1, 0.15) is 21.9 Å². The van der Waals surface area contributed by atoms with Crippen LogP contribution in [0.3, 0.4) is 0 Å². The minimum Gasteiger partial charge on any atom is -0.477 e. The first-order valence-electron chi connectivity index (χ1n) is 6.89. The fourth-order valence-corrected chi connectivity index (χ4v) is 3.12. The number of pyridine rings is 1. The summed E-state index contributed by atoms with van der Waals surface area (Å²) >= 11 is 7.98. The zero-order chi connectivity index (χ0) is 16.6. The molecule has 0 radical (unpaired) electrons. The second kappa shape index (κ2) is 6.22. The van der Waals surface area contributed by atoms with Crippen LogP contribution in [0.25, 0.3) is 11.2 Å². The number of carboxylic acids is 1. The summed E-state index contributed by atoms with van der Waals surface area (Å²) in [5.41, 5.74) is 2.16. The monoisotopic (exact) mass is 347 g/mol. The lowest BCUT2D eigenvalue weighted by Crippen LogP contribution is -2.06. The summed E-state index contributed by atoms with van der Waals surface area (Å²) in [5, 5.41) is 9.79. The molecule has 0 saturated carbocycles. The van der Waals surface area contributed by atoms with Crippen molar-refractivity contribution in [1.29, 1.82) is 0 Å². The number of aromatic carboxylic acids is 1. The molecule has 3 rings (SSSR count). The first kappa shape index (κ1) is 15.8. The smallest absolute Gasteiger partial charge is 0.354 e. The van der Waals surface area contributed by atoms with Gasteiger partial charge in [0, 0.05) is 9.92 Å². The largest absolute Gasteiger partial charge is 0.477 e. The lowest BCUT2D eigenvalue weighted by atomic mass is 10.2. The summed E-state index contributed by atoms with van der Waals surface area (Å²) in [6, 6.07) is 9.04. The quantitative estimate of drug-likeness (QED) is 0.726. The molecule has 2 aromatic heterocycles. The molecule has 0 unspecified atom stereocenters. The molecule has 0 saturated heterocycles. The van der Waals surface area contributed by atoms with Gasteiger partial charge in [-0.2, -0.15) is 0 Å². The summed E-state index contributed by atoms with van der Waals surface area (Å²) in [6.07, 6.45) is 2.00. The molecule has 1 N–H and O–H groups in total. The number of rotatable bonds is 4. The molecule has 2 heterocycles. The second-order valence-electron chi connectivity index (χ2n) is 5.05. The average molecular weight is 348 g/mol. The molecule has 0 aliphatic carbocycles. The van der Waals surface area contributed by atoms with E-state index in [0.29, 0.717) is 22.7 Å². The number of aromatic nitrogens is 3. The number of carbonyl (C=O) groups is 1. The fourth-order valence-electron chi connectivity index (χ4n) is 2.38. The van der Waals surface area contributed by atoms with E-state index in [4.69, 9.17) is 16.7 Å². The Morgan fingerprint density at radius 2 is 2.09 bits per heavy atom. The molecular formula is C16H14ClN3O2S. The van der Waals surface area contributed by atoms with Crippen LogP contribution in [0, 0.1) is 6.92 Å². The molecule has 3 aromatic rings. The van der Waals surface area contributed by atoms with Gasteiger partial charge in [-0.1, -0.05) is 17.7 Å². The Morgan fingerprint density at radius 1 is 1.30 bits per heavy atom. The number of imidazole rings is 1. The van der Waals surface area contributed by atoms with Crippen molar-refractivity contribution in [3.8, 4) is 0 Å². The molecule has 7 heteroatoms. The van der Waals surface area contributed by atoms with E-state index in [1.165, 1.54) is 6.07 Å². The minimum atomic E-state index is -1.06. The second-order valence-corrected chi connectivity index (χ2v) is 6.33. The lowest BCUT2D eigenvalue weighted by molar-refractivity contribution is 0.0691. The highest BCUT2D eigenvalue weighted by Gasteiger charge is 2.14. The van der Waals surface area contributed by atoms with E-state index in [1.807, 2.05) is 35.9 Å². The number of aryl methyl sites for hydroxylation is 1. The maximum Gasteiger partial charge on any atom is 0.354 e. The lowest BCUT2D eigenvalue weighted by Gasteiger charge is -2.09. The summed E-state index contributed by atoms with van der Waals surface area (Å²) < 4.78 is 1.88. The van der Waals surface area contributed by atoms with Gasteiger partial charge in [0.2, 0.25) is 0 Å². The van der Waals surface area contributed by atoms with Crippen molar-refractivity contribution >= 4 is 40.5 Å². The van der Waals surface area contributed by atoms with Crippen LogP contribution in [0.5, 0.6) is 0 Å². The van der Waals surface area contributed by atoms with Crippen LogP contribution < -0.4 is 0 Å². The third kappa shape index (κ3) is 3.04. The van der Waals surface area contributed by atoms with E-state index in [-0.39, 0.29) is 5.69 Å². The molecule has 5 nitrogen and oxygen atoms in total. The standard InChI is InChI=1S/C16H14ClN3O2S/c1-9-18-13-5-6-14(16(21)22)19-15(13)20(9)8-10-3-4-11(23-2)7-12(10)17/h3-7H,8H2,1-2H3,(H,21,22). The van der Waals surface area contributed by atoms with Crippen LogP contribution in [0.4, 0.5) is 0 Å². The predicted molar refractivity (Wildman–Crippen MR) is 91.6 cm³/mol. The molecule has 0 atom stereocenters. The molecule has 0 bridgehead atoms. The van der Waals surface area contributed by atoms with Gasteiger partial charge in [0.05, 0.1) is 6.54 Å². The summed E-state index contributed by atoms with van der Waals surface area (Å²) in [5.74, 6) is -0.292. The van der Waals surface area contributed by atoms with Crippen LogP contribution in [0.2, 0.25) is 5.02 Å². The van der Waals surface area contributed by atoms with Crippen LogP contribution in [-0.4, -0.2) is 31.9 Å². The molecule has 0 aliphatic heterocycles. The van der Waals surface area contributed by atoms with Gasteiger partial charge < -0.3 is 9.67 Å². The van der Waals surface area contributed by atoms with Gasteiger partial charge in [-0.15, -0.1) is 11.8 Å². The van der Waals surface area contributed by atoms with Crippen LogP contribution in [0.15, 0.2) is 35.2 Å². The van der Waals surface area contributed by atoms with Gasteiger partial charge in [0.25, 0.3) is 0 Å². The van der Waals surface area contributed by atoms with Gasteiger partial charge >= 0.3 is 5.97 Å². The van der Waals surface area contributed by atoms with Crippen molar-refractivity contribution in [1.82, 2.24) is 14.5 Å². The fraction of sp³-hybridized carbons (Fsp3) is 0.188. The third-order valence-electron chi connectivity index (χ3n) is 3.59. The Labute approximate surface area is 142 Å². The van der Waals surface area contributed by atoms with Gasteiger partial charge in [0.1, 0.15) is 11.3 Å². The van der Waals surface area contributed by atoms with Crippen molar-refractivity contribution in [3.05, 3.63) is 52.4 Å². The van der Waals surface area contributed by atoms with E-state index >= 15 is 0 Å². The van der Waals surface area contributed by atoms with E-state index in [0.717, 1.165) is 16.3 Å². The highest BCUT2D eigenvalue weighted by Crippen LogP contribution is 2.25. The number of halogens is 1. The summed E-state index contributed by atoms with van der Waals surface area (Å²) in [6.45, 7) is 2.36. The normalized spacial score (nSPS) is 11.1. The Balaban J connectivity index is 2.07. The Bertz CT molecular complexity index is 908. The Hall–Kier alpha value is -2.05. The molecule has 0 aliphatic rings. The first-order chi connectivity index (χ1) is 11.0. The first-order valence-corrected chi connectivity index (χ1v) is 8.49. The van der Waals surface area contributed by atoms with E-state index < -0.39 is 5.97 Å². The Morgan fingerprint density at radius 3 is 2.74 bits per heavy atom. The van der Waals surface area contributed by atoms with Crippen molar-refractivity contribution < 1.29 is 9.90 Å². The summed E-state index contributed by atoms with van der Waals surface area (Å²) in [4.78, 5) is 20.9. The predicted octanol–water partition coefficient (Wildman–Crippen LogP) is 3.86. The average Bonchev–Trinajstić information content (AvgIpc) is 2.84.